The van der Waals surface area contributed by atoms with E-state index in [0.717, 1.165) is 32.4 Å². The standard InChI is InChI=1S/C15H19BrN2O3/c1-10(15(21)18-7-3-2-4-8-18)17-14(20)11-5-6-12(16)13(19)9-11/h5-6,9-10,19H,2-4,7-8H2,1H3,(H,17,20). The third-order valence-corrected chi connectivity index (χ3v) is 4.26. The van der Waals surface area contributed by atoms with Crippen molar-refractivity contribution in [1.29, 1.82) is 0 Å². The maximum Gasteiger partial charge on any atom is 0.252 e. The molecule has 0 radical (unpaired) electrons. The fraction of sp³-hybridized carbons (Fsp3) is 0.467. The summed E-state index contributed by atoms with van der Waals surface area (Å²) in [4.78, 5) is 26.1. The normalized spacial score (nSPS) is 16.4. The fourth-order valence-electron chi connectivity index (χ4n) is 2.38. The number of rotatable bonds is 3. The number of carbonyl (C=O) groups is 2. The number of carbonyl (C=O) groups excluding carboxylic acids is 2. The molecule has 1 fully saturated rings. The quantitative estimate of drug-likeness (QED) is 0.874. The van der Waals surface area contributed by atoms with E-state index in [0.29, 0.717) is 10.0 Å². The Kier molecular flexibility index (Phi) is 5.22. The minimum absolute atomic E-state index is 0.00217. The van der Waals surface area contributed by atoms with Crippen LogP contribution < -0.4 is 5.32 Å². The first-order chi connectivity index (χ1) is 9.99. The van der Waals surface area contributed by atoms with E-state index in [2.05, 4.69) is 21.2 Å². The number of amides is 2. The Balaban J connectivity index is 1.97. The van der Waals surface area contributed by atoms with E-state index in [4.69, 9.17) is 0 Å². The van der Waals surface area contributed by atoms with Crippen molar-refractivity contribution in [2.24, 2.45) is 0 Å². The first-order valence-electron chi connectivity index (χ1n) is 7.07. The second-order valence-corrected chi connectivity index (χ2v) is 6.10. The molecule has 21 heavy (non-hydrogen) atoms. The van der Waals surface area contributed by atoms with Crippen LogP contribution in [-0.4, -0.2) is 41.0 Å². The van der Waals surface area contributed by atoms with E-state index in [9.17, 15) is 14.7 Å². The van der Waals surface area contributed by atoms with Gasteiger partial charge in [0.1, 0.15) is 11.8 Å². The van der Waals surface area contributed by atoms with Crippen LogP contribution in [-0.2, 0) is 4.79 Å². The average Bonchev–Trinajstić information content (AvgIpc) is 2.50. The number of halogens is 1. The maximum atomic E-state index is 12.2. The van der Waals surface area contributed by atoms with E-state index in [1.165, 1.54) is 6.07 Å². The number of piperidine rings is 1. The van der Waals surface area contributed by atoms with Gasteiger partial charge in [-0.3, -0.25) is 9.59 Å². The predicted octanol–water partition coefficient (Wildman–Crippen LogP) is 2.29. The number of nitrogens with one attached hydrogen (secondary N) is 1. The summed E-state index contributed by atoms with van der Waals surface area (Å²) in [6.45, 7) is 3.21. The van der Waals surface area contributed by atoms with E-state index >= 15 is 0 Å². The lowest BCUT2D eigenvalue weighted by molar-refractivity contribution is -0.133. The topological polar surface area (TPSA) is 69.6 Å². The molecule has 2 amide bonds. The highest BCUT2D eigenvalue weighted by Crippen LogP contribution is 2.24. The smallest absolute Gasteiger partial charge is 0.252 e. The van der Waals surface area contributed by atoms with Crippen LogP contribution in [0, 0.1) is 0 Å². The number of phenolic OH excluding ortho intramolecular Hbond substituents is 1. The van der Waals surface area contributed by atoms with Crippen LogP contribution in [0.2, 0.25) is 0 Å². The fourth-order valence-corrected chi connectivity index (χ4v) is 2.63. The molecule has 5 nitrogen and oxygen atoms in total. The van der Waals surface area contributed by atoms with Gasteiger partial charge in [-0.15, -0.1) is 0 Å². The Bertz CT molecular complexity index is 542. The van der Waals surface area contributed by atoms with Gasteiger partial charge >= 0.3 is 0 Å². The number of hydrogen-bond acceptors (Lipinski definition) is 3. The summed E-state index contributed by atoms with van der Waals surface area (Å²) in [7, 11) is 0. The first kappa shape index (κ1) is 15.8. The van der Waals surface area contributed by atoms with Gasteiger partial charge in [-0.1, -0.05) is 0 Å². The van der Waals surface area contributed by atoms with Gasteiger partial charge < -0.3 is 15.3 Å². The van der Waals surface area contributed by atoms with Crippen LogP contribution in [0.3, 0.4) is 0 Å². The van der Waals surface area contributed by atoms with Crippen LogP contribution in [0.4, 0.5) is 0 Å². The highest BCUT2D eigenvalue weighted by molar-refractivity contribution is 9.10. The van der Waals surface area contributed by atoms with Gasteiger partial charge in [0.25, 0.3) is 5.91 Å². The summed E-state index contributed by atoms with van der Waals surface area (Å²) in [5, 5.41) is 12.3. The Morgan fingerprint density at radius 1 is 1.29 bits per heavy atom. The highest BCUT2D eigenvalue weighted by atomic mass is 79.9. The Morgan fingerprint density at radius 2 is 1.95 bits per heavy atom. The molecular weight excluding hydrogens is 336 g/mol. The molecule has 1 aliphatic heterocycles. The molecule has 1 aliphatic rings. The maximum absolute atomic E-state index is 12.2. The first-order valence-corrected chi connectivity index (χ1v) is 7.86. The van der Waals surface area contributed by atoms with Gasteiger partial charge in [-0.2, -0.15) is 0 Å². The molecule has 1 atom stereocenters. The summed E-state index contributed by atoms with van der Waals surface area (Å²) in [5.74, 6) is -0.419. The SMILES string of the molecule is CC(NC(=O)c1ccc(Br)c(O)c1)C(=O)N1CCCCC1. The lowest BCUT2D eigenvalue weighted by Gasteiger charge is -2.29. The average molecular weight is 355 g/mol. The van der Waals surface area contributed by atoms with Gasteiger partial charge in [0.15, 0.2) is 0 Å². The van der Waals surface area contributed by atoms with Gasteiger partial charge in [-0.25, -0.2) is 0 Å². The number of benzene rings is 1. The van der Waals surface area contributed by atoms with Gasteiger partial charge in [0.2, 0.25) is 5.91 Å². The van der Waals surface area contributed by atoms with Crippen molar-refractivity contribution in [1.82, 2.24) is 10.2 Å². The Morgan fingerprint density at radius 3 is 2.57 bits per heavy atom. The molecule has 0 bridgehead atoms. The third-order valence-electron chi connectivity index (χ3n) is 3.59. The second-order valence-electron chi connectivity index (χ2n) is 5.25. The molecule has 1 aromatic rings. The number of likely N-dealkylation sites (tertiary alicyclic amines) is 1. The summed E-state index contributed by atoms with van der Waals surface area (Å²) in [6.07, 6.45) is 3.20. The zero-order chi connectivity index (χ0) is 15.4. The molecule has 1 heterocycles. The lowest BCUT2D eigenvalue weighted by atomic mass is 10.1. The van der Waals surface area contributed by atoms with Crippen molar-refractivity contribution in [3.63, 3.8) is 0 Å². The van der Waals surface area contributed by atoms with Crippen LogP contribution in [0.25, 0.3) is 0 Å². The van der Waals surface area contributed by atoms with Gasteiger partial charge in [0.05, 0.1) is 4.47 Å². The summed E-state index contributed by atoms with van der Waals surface area (Å²) in [6, 6.07) is 4.00. The molecule has 0 aliphatic carbocycles. The van der Waals surface area contributed by atoms with Gasteiger partial charge in [0, 0.05) is 18.7 Å². The van der Waals surface area contributed by atoms with Crippen LogP contribution in [0.5, 0.6) is 5.75 Å². The number of hydrogen-bond donors (Lipinski definition) is 2. The minimum atomic E-state index is -0.568. The molecule has 6 heteroatoms. The van der Waals surface area contributed by atoms with Crippen LogP contribution >= 0.6 is 15.9 Å². The highest BCUT2D eigenvalue weighted by Gasteiger charge is 2.23. The molecule has 2 N–H and O–H groups in total. The Labute approximate surface area is 132 Å². The van der Waals surface area contributed by atoms with E-state index in [-0.39, 0.29) is 17.6 Å². The van der Waals surface area contributed by atoms with Crippen molar-refractivity contribution in [3.8, 4) is 5.75 Å². The molecule has 0 aromatic heterocycles. The molecule has 1 aromatic carbocycles. The number of nitrogens with zero attached hydrogens (tertiary/aromatic N) is 1. The van der Waals surface area contributed by atoms with Crippen molar-refractivity contribution in [2.75, 3.05) is 13.1 Å². The molecule has 114 valence electrons. The third kappa shape index (κ3) is 3.97. The van der Waals surface area contributed by atoms with Gasteiger partial charge in [-0.05, 0) is 60.3 Å². The van der Waals surface area contributed by atoms with Crippen LogP contribution in [0.15, 0.2) is 22.7 Å². The Hall–Kier alpha value is -1.56. The summed E-state index contributed by atoms with van der Waals surface area (Å²) < 4.78 is 0.525. The monoisotopic (exact) mass is 354 g/mol. The lowest BCUT2D eigenvalue weighted by Crippen LogP contribution is -2.48. The zero-order valence-electron chi connectivity index (χ0n) is 11.9. The largest absolute Gasteiger partial charge is 0.507 e. The molecule has 0 saturated carbocycles. The van der Waals surface area contributed by atoms with Crippen molar-refractivity contribution in [3.05, 3.63) is 28.2 Å². The molecule has 1 unspecified atom stereocenters. The van der Waals surface area contributed by atoms with Crippen molar-refractivity contribution in [2.45, 2.75) is 32.2 Å². The van der Waals surface area contributed by atoms with Crippen molar-refractivity contribution >= 4 is 27.7 Å². The zero-order valence-corrected chi connectivity index (χ0v) is 13.5. The molecule has 0 spiro atoms. The minimum Gasteiger partial charge on any atom is -0.507 e. The molecule has 2 rings (SSSR count). The summed E-state index contributed by atoms with van der Waals surface area (Å²) in [5.41, 5.74) is 0.328. The van der Waals surface area contributed by atoms with Crippen molar-refractivity contribution < 1.29 is 14.7 Å². The number of phenols is 1. The van der Waals surface area contributed by atoms with E-state index in [1.807, 2.05) is 0 Å². The van der Waals surface area contributed by atoms with E-state index < -0.39 is 6.04 Å². The summed E-state index contributed by atoms with van der Waals surface area (Å²) >= 11 is 3.16. The second kappa shape index (κ2) is 6.93. The molecular formula is C15H19BrN2O3. The van der Waals surface area contributed by atoms with Crippen LogP contribution in [0.1, 0.15) is 36.5 Å². The molecule has 1 saturated heterocycles. The number of aromatic hydroxyl groups is 1. The predicted molar refractivity (Wildman–Crippen MR) is 83.2 cm³/mol. The van der Waals surface area contributed by atoms with E-state index in [1.54, 1.807) is 24.0 Å².